The molecule has 2 aromatic heterocycles. The van der Waals surface area contributed by atoms with E-state index in [1.807, 2.05) is 0 Å². The molecule has 0 fully saturated rings. The van der Waals surface area contributed by atoms with Crippen LogP contribution in [0.2, 0.25) is 0 Å². The molecule has 0 bridgehead atoms. The van der Waals surface area contributed by atoms with Crippen LogP contribution in [0, 0.1) is 0 Å². The number of nitrogens with one attached hydrogen (secondary N) is 2. The highest BCUT2D eigenvalue weighted by atomic mass is 79.9. The lowest BCUT2D eigenvalue weighted by Crippen LogP contribution is -2.22. The minimum atomic E-state index is -4.85. The molecular formula is C20H12BrF3N4O2S. The zero-order valence-electron chi connectivity index (χ0n) is 15.4. The van der Waals surface area contributed by atoms with Gasteiger partial charge in [0.2, 0.25) is 5.89 Å². The molecule has 158 valence electrons. The summed E-state index contributed by atoms with van der Waals surface area (Å²) >= 11 is 8.42. The molecule has 11 heteroatoms. The Morgan fingerprint density at radius 1 is 1.03 bits per heavy atom. The number of benzene rings is 2. The van der Waals surface area contributed by atoms with Crippen LogP contribution in [0.25, 0.3) is 22.7 Å². The van der Waals surface area contributed by atoms with Crippen LogP contribution in [0.3, 0.4) is 0 Å². The second-order valence-corrected chi connectivity index (χ2v) is 7.48. The standard InChI is InChI=1S/C20H12BrF3N4O2S/c21-11-7-8-14(16(10-11)30-20(22,23)24)27-19(31)26-13-5-2-1-4-12(13)18-28-17-15(29-18)6-3-9-25-17/h1-10H,(H2,26,27,31). The van der Waals surface area contributed by atoms with Gasteiger partial charge in [-0.15, -0.1) is 13.2 Å². The van der Waals surface area contributed by atoms with Crippen molar-refractivity contribution >= 4 is 55.9 Å². The first kappa shape index (κ1) is 21.1. The minimum absolute atomic E-state index is 0.0431. The molecule has 0 spiro atoms. The molecule has 2 heterocycles. The third-order valence-electron chi connectivity index (χ3n) is 3.99. The molecule has 2 aromatic carbocycles. The van der Waals surface area contributed by atoms with Crippen molar-refractivity contribution in [3.63, 3.8) is 0 Å². The van der Waals surface area contributed by atoms with E-state index in [0.29, 0.717) is 32.8 Å². The predicted octanol–water partition coefficient (Wildman–Crippen LogP) is 6.36. The lowest BCUT2D eigenvalue weighted by molar-refractivity contribution is -0.274. The summed E-state index contributed by atoms with van der Waals surface area (Å²) in [7, 11) is 0. The number of fused-ring (bicyclic) bond motifs is 1. The lowest BCUT2D eigenvalue weighted by Gasteiger charge is -2.17. The first-order valence-electron chi connectivity index (χ1n) is 8.73. The Morgan fingerprint density at radius 3 is 2.58 bits per heavy atom. The van der Waals surface area contributed by atoms with Crippen LogP contribution < -0.4 is 15.4 Å². The van der Waals surface area contributed by atoms with Gasteiger partial charge in [-0.2, -0.15) is 4.98 Å². The van der Waals surface area contributed by atoms with E-state index >= 15 is 0 Å². The maximum absolute atomic E-state index is 12.7. The number of oxazole rings is 1. The topological polar surface area (TPSA) is 72.2 Å². The molecule has 2 N–H and O–H groups in total. The molecule has 0 aliphatic rings. The highest BCUT2D eigenvalue weighted by molar-refractivity contribution is 9.10. The summed E-state index contributed by atoms with van der Waals surface area (Å²) < 4.78 is 48.4. The normalized spacial score (nSPS) is 11.4. The van der Waals surface area contributed by atoms with Crippen LogP contribution in [-0.4, -0.2) is 21.4 Å². The Bertz CT molecular complexity index is 1230. The fraction of sp³-hybridized carbons (Fsp3) is 0.0500. The smallest absolute Gasteiger partial charge is 0.434 e. The van der Waals surface area contributed by atoms with Gasteiger partial charge < -0.3 is 19.8 Å². The number of ether oxygens (including phenoxy) is 1. The monoisotopic (exact) mass is 508 g/mol. The zero-order chi connectivity index (χ0) is 22.0. The summed E-state index contributed by atoms with van der Waals surface area (Å²) in [5, 5.41) is 5.74. The van der Waals surface area contributed by atoms with Crippen LogP contribution in [0.4, 0.5) is 24.5 Å². The number of rotatable bonds is 4. The number of hydrogen-bond acceptors (Lipinski definition) is 5. The van der Waals surface area contributed by atoms with Gasteiger partial charge in [-0.25, -0.2) is 4.98 Å². The molecule has 0 unspecified atom stereocenters. The molecule has 0 aliphatic carbocycles. The van der Waals surface area contributed by atoms with E-state index in [-0.39, 0.29) is 10.8 Å². The largest absolute Gasteiger partial charge is 0.573 e. The molecule has 6 nitrogen and oxygen atoms in total. The highest BCUT2D eigenvalue weighted by Crippen LogP contribution is 2.34. The number of alkyl halides is 3. The second-order valence-electron chi connectivity index (χ2n) is 6.16. The van der Waals surface area contributed by atoms with Gasteiger partial charge in [-0.05, 0) is 54.7 Å². The third kappa shape index (κ3) is 5.12. The Kier molecular flexibility index (Phi) is 5.79. The zero-order valence-corrected chi connectivity index (χ0v) is 17.8. The number of nitrogens with zero attached hydrogens (tertiary/aromatic N) is 2. The van der Waals surface area contributed by atoms with E-state index in [0.717, 1.165) is 0 Å². The van der Waals surface area contributed by atoms with Crippen molar-refractivity contribution in [2.45, 2.75) is 6.36 Å². The summed E-state index contributed by atoms with van der Waals surface area (Å²) in [6.07, 6.45) is -3.24. The Morgan fingerprint density at radius 2 is 1.81 bits per heavy atom. The van der Waals surface area contributed by atoms with Crippen LogP contribution in [-0.2, 0) is 0 Å². The van der Waals surface area contributed by atoms with Gasteiger partial charge in [0.15, 0.2) is 22.1 Å². The summed E-state index contributed by atoms with van der Waals surface area (Å²) in [6.45, 7) is 0. The number of aromatic nitrogens is 2. The van der Waals surface area contributed by atoms with E-state index in [1.165, 1.54) is 12.1 Å². The number of hydrogen-bond donors (Lipinski definition) is 2. The van der Waals surface area contributed by atoms with Crippen molar-refractivity contribution < 1.29 is 22.3 Å². The van der Waals surface area contributed by atoms with Crippen LogP contribution in [0.15, 0.2) is 69.7 Å². The molecule has 0 saturated carbocycles. The van der Waals surface area contributed by atoms with Crippen LogP contribution >= 0.6 is 28.1 Å². The van der Waals surface area contributed by atoms with Crippen molar-refractivity contribution in [1.82, 2.24) is 9.97 Å². The van der Waals surface area contributed by atoms with E-state index < -0.39 is 12.1 Å². The van der Waals surface area contributed by atoms with Crippen molar-refractivity contribution in [2.24, 2.45) is 0 Å². The Balaban J connectivity index is 1.58. The number of anilines is 2. The average molecular weight is 509 g/mol. The van der Waals surface area contributed by atoms with Crippen LogP contribution in [0.5, 0.6) is 5.75 Å². The van der Waals surface area contributed by atoms with E-state index in [9.17, 15) is 13.2 Å². The molecule has 0 amide bonds. The molecule has 0 aliphatic heterocycles. The molecule has 0 radical (unpaired) electrons. The van der Waals surface area contributed by atoms with Crippen molar-refractivity contribution in [3.05, 3.63) is 65.3 Å². The first-order chi connectivity index (χ1) is 14.8. The van der Waals surface area contributed by atoms with Gasteiger partial charge in [0.1, 0.15) is 0 Å². The third-order valence-corrected chi connectivity index (χ3v) is 4.69. The number of pyridine rings is 1. The average Bonchev–Trinajstić information content (AvgIpc) is 3.13. The van der Waals surface area contributed by atoms with Crippen molar-refractivity contribution in [1.29, 1.82) is 0 Å². The van der Waals surface area contributed by atoms with Crippen molar-refractivity contribution in [2.75, 3.05) is 10.6 Å². The first-order valence-corrected chi connectivity index (χ1v) is 9.93. The van der Waals surface area contributed by atoms with E-state index in [4.69, 9.17) is 16.6 Å². The van der Waals surface area contributed by atoms with Crippen LogP contribution in [0.1, 0.15) is 0 Å². The fourth-order valence-corrected chi connectivity index (χ4v) is 3.31. The maximum Gasteiger partial charge on any atom is 0.573 e. The summed E-state index contributed by atoms with van der Waals surface area (Å²) in [6, 6.07) is 14.7. The quantitative estimate of drug-likeness (QED) is 0.310. The van der Waals surface area contributed by atoms with Crippen molar-refractivity contribution in [3.8, 4) is 17.2 Å². The lowest BCUT2D eigenvalue weighted by atomic mass is 10.2. The summed E-state index contributed by atoms with van der Waals surface area (Å²) in [5.74, 6) is -0.103. The van der Waals surface area contributed by atoms with E-state index in [2.05, 4.69) is 41.3 Å². The van der Waals surface area contributed by atoms with Gasteiger partial charge in [-0.3, -0.25) is 0 Å². The van der Waals surface area contributed by atoms with Gasteiger partial charge >= 0.3 is 6.36 Å². The number of para-hydroxylation sites is 1. The van der Waals surface area contributed by atoms with Gasteiger partial charge in [0.25, 0.3) is 0 Å². The van der Waals surface area contributed by atoms with Gasteiger partial charge in [-0.1, -0.05) is 28.1 Å². The van der Waals surface area contributed by atoms with Gasteiger partial charge in [0.05, 0.1) is 16.9 Å². The summed E-state index contributed by atoms with van der Waals surface area (Å²) in [5.41, 5.74) is 2.17. The molecule has 4 rings (SSSR count). The Hall–Kier alpha value is -3.18. The summed E-state index contributed by atoms with van der Waals surface area (Å²) in [4.78, 5) is 8.51. The SMILES string of the molecule is FC(F)(F)Oc1cc(Br)ccc1NC(=S)Nc1ccccc1-c1nc2ncccc2o1. The Labute approximate surface area is 187 Å². The minimum Gasteiger partial charge on any atom is -0.434 e. The maximum atomic E-state index is 12.7. The fourth-order valence-electron chi connectivity index (χ4n) is 2.75. The predicted molar refractivity (Wildman–Crippen MR) is 118 cm³/mol. The molecule has 31 heavy (non-hydrogen) atoms. The molecule has 4 aromatic rings. The molecule has 0 saturated heterocycles. The number of halogens is 4. The number of thiocarbonyl (C=S) groups is 1. The molecular weight excluding hydrogens is 497 g/mol. The molecule has 0 atom stereocenters. The van der Waals surface area contributed by atoms with E-state index in [1.54, 1.807) is 48.7 Å². The highest BCUT2D eigenvalue weighted by Gasteiger charge is 2.32. The van der Waals surface area contributed by atoms with Gasteiger partial charge in [0, 0.05) is 10.7 Å². The second kappa shape index (κ2) is 8.52.